The van der Waals surface area contributed by atoms with Gasteiger partial charge in [0.25, 0.3) is 5.56 Å². The zero-order chi connectivity index (χ0) is 16.5. The van der Waals surface area contributed by atoms with Crippen LogP contribution in [-0.2, 0) is 0 Å². The second-order valence-electron chi connectivity index (χ2n) is 5.18. The van der Waals surface area contributed by atoms with E-state index in [-0.39, 0.29) is 16.8 Å². The average Bonchev–Trinajstić information content (AvgIpc) is 3.07. The van der Waals surface area contributed by atoms with Gasteiger partial charge in [0.2, 0.25) is 17.1 Å². The molecule has 0 radical (unpaired) electrons. The molecule has 0 saturated heterocycles. The van der Waals surface area contributed by atoms with Gasteiger partial charge in [-0.05, 0) is 24.3 Å². The lowest BCUT2D eigenvalue weighted by atomic mass is 10.2. The lowest BCUT2D eigenvalue weighted by Gasteiger charge is -2.03. The first-order valence-corrected chi connectivity index (χ1v) is 7.35. The molecule has 2 heterocycles. The number of nitrogens with zero attached hydrogens (tertiary/aromatic N) is 2. The highest BCUT2D eigenvalue weighted by Gasteiger charge is 2.14. The number of ether oxygens (including phenoxy) is 1. The van der Waals surface area contributed by atoms with Gasteiger partial charge in [0.05, 0.1) is 7.11 Å². The van der Waals surface area contributed by atoms with Gasteiger partial charge in [0.1, 0.15) is 11.6 Å². The van der Waals surface area contributed by atoms with E-state index in [0.717, 1.165) is 11.1 Å². The molecule has 0 amide bonds. The van der Waals surface area contributed by atoms with Crippen LogP contribution < -0.4 is 10.3 Å². The molecule has 0 atom stereocenters. The summed E-state index contributed by atoms with van der Waals surface area (Å²) in [7, 11) is 1.59. The quantitative estimate of drug-likeness (QED) is 0.627. The number of aromatic amines is 1. The van der Waals surface area contributed by atoms with Gasteiger partial charge in [-0.1, -0.05) is 30.3 Å². The maximum atomic E-state index is 12.3. The zero-order valence-corrected chi connectivity index (χ0v) is 12.8. The van der Waals surface area contributed by atoms with Crippen molar-refractivity contribution < 1.29 is 9.15 Å². The van der Waals surface area contributed by atoms with Crippen LogP contribution in [0.2, 0.25) is 0 Å². The fourth-order valence-electron chi connectivity index (χ4n) is 2.45. The monoisotopic (exact) mass is 319 g/mol. The first-order valence-electron chi connectivity index (χ1n) is 7.35. The van der Waals surface area contributed by atoms with E-state index in [0.29, 0.717) is 17.5 Å². The van der Waals surface area contributed by atoms with Gasteiger partial charge in [-0.25, -0.2) is 4.98 Å². The molecule has 0 unspecified atom stereocenters. The molecule has 0 spiro atoms. The van der Waals surface area contributed by atoms with E-state index in [4.69, 9.17) is 9.15 Å². The summed E-state index contributed by atoms with van der Waals surface area (Å²) in [6.07, 6.45) is 0. The third-order valence-corrected chi connectivity index (χ3v) is 3.63. The summed E-state index contributed by atoms with van der Waals surface area (Å²) >= 11 is 0. The fraction of sp³-hybridized carbons (Fsp3) is 0.0556. The first-order chi connectivity index (χ1) is 11.7. The topological polar surface area (TPSA) is 81.0 Å². The number of nitrogens with one attached hydrogen (secondary N) is 1. The molecule has 0 aliphatic rings. The lowest BCUT2D eigenvalue weighted by Crippen LogP contribution is -2.08. The van der Waals surface area contributed by atoms with Crippen LogP contribution in [0.1, 0.15) is 0 Å². The third-order valence-electron chi connectivity index (χ3n) is 3.63. The molecule has 118 valence electrons. The van der Waals surface area contributed by atoms with Gasteiger partial charge in [-0.2, -0.15) is 4.98 Å². The summed E-state index contributed by atoms with van der Waals surface area (Å²) in [5, 5.41) is 0. The molecule has 0 fully saturated rings. The van der Waals surface area contributed by atoms with Gasteiger partial charge in [-0.15, -0.1) is 0 Å². The van der Waals surface area contributed by atoms with Crippen LogP contribution >= 0.6 is 0 Å². The lowest BCUT2D eigenvalue weighted by molar-refractivity contribution is 0.415. The molecular formula is C18H13N3O3. The van der Waals surface area contributed by atoms with Crippen LogP contribution in [-0.4, -0.2) is 22.1 Å². The predicted molar refractivity (Wildman–Crippen MR) is 89.8 cm³/mol. The van der Waals surface area contributed by atoms with Gasteiger partial charge < -0.3 is 14.1 Å². The highest BCUT2D eigenvalue weighted by molar-refractivity contribution is 5.74. The number of aromatic nitrogens is 3. The fourth-order valence-corrected chi connectivity index (χ4v) is 2.45. The number of H-pyrrole nitrogens is 1. The second-order valence-corrected chi connectivity index (χ2v) is 5.18. The molecule has 0 bridgehead atoms. The van der Waals surface area contributed by atoms with E-state index in [2.05, 4.69) is 15.0 Å². The molecule has 0 aliphatic carbocycles. The second kappa shape index (κ2) is 5.66. The van der Waals surface area contributed by atoms with Crippen LogP contribution in [0.4, 0.5) is 0 Å². The van der Waals surface area contributed by atoms with Crippen LogP contribution in [0.5, 0.6) is 5.75 Å². The van der Waals surface area contributed by atoms with Crippen molar-refractivity contribution in [3.8, 4) is 28.6 Å². The molecule has 2 aromatic carbocycles. The number of fused-ring (bicyclic) bond motifs is 1. The smallest absolute Gasteiger partial charge is 0.296 e. The Balaban J connectivity index is 1.86. The Labute approximate surface area is 136 Å². The van der Waals surface area contributed by atoms with Crippen molar-refractivity contribution >= 4 is 11.2 Å². The van der Waals surface area contributed by atoms with E-state index < -0.39 is 0 Å². The van der Waals surface area contributed by atoms with Crippen LogP contribution in [0.25, 0.3) is 34.1 Å². The summed E-state index contributed by atoms with van der Waals surface area (Å²) in [5.74, 6) is 1.46. The van der Waals surface area contributed by atoms with E-state index >= 15 is 0 Å². The Kier molecular flexibility index (Phi) is 3.35. The van der Waals surface area contributed by atoms with E-state index in [1.165, 1.54) is 0 Å². The molecule has 6 heteroatoms. The molecule has 2 aromatic heterocycles. The minimum absolute atomic E-state index is 0.112. The zero-order valence-electron chi connectivity index (χ0n) is 12.8. The summed E-state index contributed by atoms with van der Waals surface area (Å²) in [6, 6.07) is 16.7. The van der Waals surface area contributed by atoms with Crippen molar-refractivity contribution in [1.82, 2.24) is 15.0 Å². The van der Waals surface area contributed by atoms with Gasteiger partial charge in [0, 0.05) is 11.1 Å². The number of rotatable bonds is 3. The maximum absolute atomic E-state index is 12.3. The van der Waals surface area contributed by atoms with Crippen molar-refractivity contribution in [2.45, 2.75) is 0 Å². The normalized spacial score (nSPS) is 10.9. The summed E-state index contributed by atoms with van der Waals surface area (Å²) in [4.78, 5) is 23.8. The van der Waals surface area contributed by atoms with E-state index in [1.807, 2.05) is 48.5 Å². The first kappa shape index (κ1) is 14.2. The molecule has 0 aliphatic heterocycles. The number of oxazole rings is 1. The Bertz CT molecular complexity index is 1070. The molecular weight excluding hydrogens is 306 g/mol. The number of methoxy groups -OCH3 is 1. The molecule has 0 saturated carbocycles. The number of hydrogen-bond donors (Lipinski definition) is 1. The summed E-state index contributed by atoms with van der Waals surface area (Å²) in [5.41, 5.74) is 1.54. The van der Waals surface area contributed by atoms with Crippen molar-refractivity contribution in [2.24, 2.45) is 0 Å². The highest BCUT2D eigenvalue weighted by Crippen LogP contribution is 2.24. The van der Waals surface area contributed by atoms with Crippen LogP contribution in [0.15, 0.2) is 63.8 Å². The number of hydrogen-bond acceptors (Lipinski definition) is 5. The molecule has 1 N–H and O–H groups in total. The van der Waals surface area contributed by atoms with Crippen LogP contribution in [0.3, 0.4) is 0 Å². The maximum Gasteiger partial charge on any atom is 0.296 e. The standard InChI is InChI=1S/C18H13N3O3/c1-23-13-9-5-8-12(10-13)15-19-16-14(17(22)20-15)24-18(21-16)11-6-3-2-4-7-11/h2-10H,1H3,(H,19,20,22). The van der Waals surface area contributed by atoms with Crippen LogP contribution in [0, 0.1) is 0 Å². The Morgan fingerprint density at radius 2 is 1.79 bits per heavy atom. The molecule has 24 heavy (non-hydrogen) atoms. The minimum Gasteiger partial charge on any atom is -0.497 e. The summed E-state index contributed by atoms with van der Waals surface area (Å²) < 4.78 is 10.8. The number of benzene rings is 2. The summed E-state index contributed by atoms with van der Waals surface area (Å²) in [6.45, 7) is 0. The third kappa shape index (κ3) is 2.44. The van der Waals surface area contributed by atoms with Gasteiger partial charge in [-0.3, -0.25) is 4.79 Å². The predicted octanol–water partition coefficient (Wildman–Crippen LogP) is 3.25. The van der Waals surface area contributed by atoms with E-state index in [1.54, 1.807) is 13.2 Å². The Morgan fingerprint density at radius 1 is 1.00 bits per heavy atom. The van der Waals surface area contributed by atoms with Crippen molar-refractivity contribution in [1.29, 1.82) is 0 Å². The SMILES string of the molecule is COc1cccc(-c2nc3nc(-c4ccccc4)oc3c(=O)[nH]2)c1. The molecule has 6 nitrogen and oxygen atoms in total. The van der Waals surface area contributed by atoms with E-state index in [9.17, 15) is 4.79 Å². The largest absolute Gasteiger partial charge is 0.497 e. The molecule has 4 rings (SSSR count). The van der Waals surface area contributed by atoms with Crippen molar-refractivity contribution in [2.75, 3.05) is 7.11 Å². The minimum atomic E-state index is -0.368. The Hall–Kier alpha value is -3.41. The average molecular weight is 319 g/mol. The van der Waals surface area contributed by atoms with Crippen molar-refractivity contribution in [3.63, 3.8) is 0 Å². The van der Waals surface area contributed by atoms with Crippen molar-refractivity contribution in [3.05, 3.63) is 65.0 Å². The molecule has 4 aromatic rings. The highest BCUT2D eigenvalue weighted by atomic mass is 16.5. The van der Waals surface area contributed by atoms with Gasteiger partial charge in [0.15, 0.2) is 0 Å². The van der Waals surface area contributed by atoms with Gasteiger partial charge >= 0.3 is 0 Å². The Morgan fingerprint density at radius 3 is 2.58 bits per heavy atom.